The molecule has 26 radical (unpaired) electrons. The molecule has 7 rings (SSSR count). The Morgan fingerprint density at radius 3 is 1.20 bits per heavy atom. The second-order valence-electron chi connectivity index (χ2n) is 22.6. The summed E-state index contributed by atoms with van der Waals surface area (Å²) >= 11 is 0. The van der Waals surface area contributed by atoms with E-state index in [4.69, 9.17) is 92.8 Å². The average molecular weight is 919 g/mol. The summed E-state index contributed by atoms with van der Waals surface area (Å²) in [5, 5.41) is 9.38. The Hall–Kier alpha value is -2.73. The van der Waals surface area contributed by atoms with E-state index in [2.05, 4.69) is 118 Å². The lowest BCUT2D eigenvalue weighted by molar-refractivity contribution is 0.573. The largest absolute Gasteiger partial charge is 0.112 e. The third-order valence-electron chi connectivity index (χ3n) is 19.1. The smallest absolute Gasteiger partial charge is 0.0821 e. The highest BCUT2D eigenvalue weighted by Crippen LogP contribution is 2.47. The maximum atomic E-state index is 7.48. The van der Waals surface area contributed by atoms with Crippen LogP contribution in [-0.4, -0.2) is 158 Å². The first-order chi connectivity index (χ1) is 34.4. The van der Waals surface area contributed by atoms with Gasteiger partial charge in [0.15, 0.2) is 0 Å². The van der Waals surface area contributed by atoms with Gasteiger partial charge in [-0.2, -0.15) is 0 Å². The van der Waals surface area contributed by atoms with Gasteiger partial charge in [0.05, 0.1) is 26.0 Å². The van der Waals surface area contributed by atoms with Crippen molar-refractivity contribution in [3.63, 3.8) is 0 Å². The van der Waals surface area contributed by atoms with Crippen molar-refractivity contribution in [2.24, 2.45) is 11.8 Å². The van der Waals surface area contributed by atoms with Gasteiger partial charge in [-0.1, -0.05) is 35.9 Å². The topological polar surface area (TPSA) is 0 Å². The van der Waals surface area contributed by atoms with E-state index >= 15 is 0 Å². The monoisotopic (exact) mass is 923 g/mol. The Bertz CT molecular complexity index is 3480. The summed E-state index contributed by atoms with van der Waals surface area (Å²) < 4.78 is 0. The van der Waals surface area contributed by atoms with E-state index in [1.165, 1.54) is 128 Å². The molecule has 0 aromatic heterocycles. The van der Waals surface area contributed by atoms with Gasteiger partial charge in [-0.15, -0.1) is 10.9 Å². The first-order valence-corrected chi connectivity index (χ1v) is 26.5. The molecule has 330 valence electrons. The average Bonchev–Trinajstić information content (AvgIpc) is 3.33. The zero-order chi connectivity index (χ0) is 55.7. The van der Waals surface area contributed by atoms with E-state index in [1.54, 1.807) is 7.06 Å². The molecular weight excluding hydrogens is 862 g/mol. The second kappa shape index (κ2) is 21.5. The molecule has 1 aliphatic carbocycles. The maximum absolute atomic E-state index is 7.48. The number of benzene rings is 6. The lowest BCUT2D eigenvalue weighted by Crippen LogP contribution is -2.74. The van der Waals surface area contributed by atoms with Crippen LogP contribution in [0.3, 0.4) is 0 Å². The van der Waals surface area contributed by atoms with E-state index in [0.717, 1.165) is 38.5 Å². The lowest BCUT2D eigenvalue weighted by atomic mass is 8.70. The van der Waals surface area contributed by atoms with Gasteiger partial charge in [-0.05, 0) is 266 Å². The minimum atomic E-state index is -1.06. The number of fused-ring (bicyclic) bond motifs is 4. The first kappa shape index (κ1) is 58.9. The molecule has 0 N–H and O–H groups in total. The molecule has 74 heavy (non-hydrogen) atoms. The van der Waals surface area contributed by atoms with Crippen molar-refractivity contribution in [2.45, 2.75) is 125 Å². The number of aryl methyl sites for hydroxylation is 9. The highest BCUT2D eigenvalue weighted by atomic mass is 14.4. The number of hydrogen-bond donors (Lipinski definition) is 0. The molecule has 0 nitrogen and oxygen atoms in total. The second-order valence-corrected chi connectivity index (χ2v) is 22.6. The van der Waals surface area contributed by atoms with E-state index < -0.39 is 51.5 Å². The third-order valence-corrected chi connectivity index (χ3v) is 19.1. The molecule has 0 saturated heterocycles. The molecule has 0 aliphatic heterocycles. The third kappa shape index (κ3) is 8.64. The predicted molar refractivity (Wildman–Crippen MR) is 356 cm³/mol. The molecule has 1 aliphatic rings. The number of rotatable bonds is 12. The van der Waals surface area contributed by atoms with Crippen LogP contribution in [-0.2, 0) is 0 Å². The van der Waals surface area contributed by atoms with Gasteiger partial charge < -0.3 is 0 Å². The lowest BCUT2D eigenvalue weighted by Gasteiger charge is -2.40. The Morgan fingerprint density at radius 1 is 0.324 bits per heavy atom. The molecule has 0 bridgehead atoms. The van der Waals surface area contributed by atoms with E-state index in [-0.39, 0.29) is 11.8 Å². The van der Waals surface area contributed by atoms with Crippen LogP contribution in [0, 0.1) is 116 Å². The van der Waals surface area contributed by atoms with Crippen LogP contribution in [0.25, 0.3) is 54.6 Å². The maximum Gasteiger partial charge on any atom is 0.0821 e. The Balaban J connectivity index is 1.86. The van der Waals surface area contributed by atoms with Crippen molar-refractivity contribution in [3.05, 3.63) is 99.5 Å². The minimum absolute atomic E-state index is 0.0142. The van der Waals surface area contributed by atoms with Crippen LogP contribution in [0.5, 0.6) is 0 Å². The molecule has 0 saturated carbocycles. The molecule has 0 amide bonds. The Morgan fingerprint density at radius 2 is 0.743 bits per heavy atom. The van der Waals surface area contributed by atoms with Gasteiger partial charge in [-0.3, -0.25) is 0 Å². The summed E-state index contributed by atoms with van der Waals surface area (Å²) in [5.74, 6) is 0.136. The summed E-state index contributed by atoms with van der Waals surface area (Å²) in [6.07, 6.45) is -4.07. The Kier molecular flexibility index (Phi) is 17.1. The van der Waals surface area contributed by atoms with Crippen molar-refractivity contribution < 1.29 is 0 Å². The van der Waals surface area contributed by atoms with Gasteiger partial charge in [-0.25, -0.2) is 0 Å². The summed E-state index contributed by atoms with van der Waals surface area (Å²) in [5.41, 5.74) is 27.3. The summed E-state index contributed by atoms with van der Waals surface area (Å²) in [4.78, 5) is 0. The SMILES string of the molecule is [B][B]B(B([B])[B])c1c(B(B([B])[B])B([B])[B])c(C)c2c(C)c(C)c(C3=c4c(C)c5c(C)c(C)c(C)c(-c6c(C)c(C)c7c(C)c(C)c(C)c(C)c7c6C)c5c(C)c4=C(C)C(C)C3C)c(B([B])[B][B])c2c1B([B])B([B])[B]. The van der Waals surface area contributed by atoms with Crippen molar-refractivity contribution in [2.75, 3.05) is 0 Å². The minimum Gasteiger partial charge on any atom is -0.112 e. The molecule has 2 atom stereocenters. The van der Waals surface area contributed by atoms with Crippen LogP contribution in [0.1, 0.15) is 110 Å². The van der Waals surface area contributed by atoms with Crippen LogP contribution in [0.2, 0.25) is 0 Å². The van der Waals surface area contributed by atoms with Crippen molar-refractivity contribution >= 4 is 224 Å². The molecule has 0 spiro atoms. The zero-order valence-corrected chi connectivity index (χ0v) is 47.9. The van der Waals surface area contributed by atoms with Crippen molar-refractivity contribution in [1.82, 2.24) is 0 Å². The fourth-order valence-corrected chi connectivity index (χ4v) is 14.2. The van der Waals surface area contributed by atoms with Crippen LogP contribution >= 0.6 is 0 Å². The van der Waals surface area contributed by atoms with Gasteiger partial charge in [0, 0.05) is 133 Å². The van der Waals surface area contributed by atoms with Crippen molar-refractivity contribution in [1.29, 1.82) is 0 Å². The van der Waals surface area contributed by atoms with E-state index in [1.807, 2.05) is 6.92 Å². The standard InChI is InChI=1S/C52H56B22/c1-19-20(2)24(6)38-33(15)41(30(12)29(11)37(38)23(19)5)43-27(9)21(3)25(7)39-35(17)46-40(34(16)45(39)43)26(8)22(4)28(10)44(46)47-32(14)31(13)42-36(18)49(70(73(61)62)74(63)64)52(69(66-54)72(59)60)51(68(56)71(57)58)48(42)50(47)67(55)65-53/h22,28H,1-18H3. The molecule has 6 aromatic carbocycles. The molecule has 0 fully saturated rings. The van der Waals surface area contributed by atoms with E-state index in [9.17, 15) is 0 Å². The van der Waals surface area contributed by atoms with E-state index in [0.29, 0.717) is 16.4 Å². The summed E-state index contributed by atoms with van der Waals surface area (Å²) in [6, 6.07) is 0. The quantitative estimate of drug-likeness (QED) is 0.163. The Labute approximate surface area is 467 Å². The van der Waals surface area contributed by atoms with Gasteiger partial charge >= 0.3 is 0 Å². The summed E-state index contributed by atoms with van der Waals surface area (Å²) in [6.45, 7) is 37.7. The van der Waals surface area contributed by atoms with Gasteiger partial charge in [0.25, 0.3) is 0 Å². The molecular formula is C52H56B22. The number of hydrogen-bond acceptors (Lipinski definition) is 0. The van der Waals surface area contributed by atoms with Gasteiger partial charge in [0.1, 0.15) is 0 Å². The van der Waals surface area contributed by atoms with Crippen LogP contribution < -0.4 is 32.3 Å². The predicted octanol–water partition coefficient (Wildman–Crippen LogP) is 1.42. The van der Waals surface area contributed by atoms with Crippen LogP contribution in [0.4, 0.5) is 0 Å². The zero-order valence-electron chi connectivity index (χ0n) is 47.9. The van der Waals surface area contributed by atoms with Crippen molar-refractivity contribution in [3.8, 4) is 11.1 Å². The van der Waals surface area contributed by atoms with Gasteiger partial charge in [0.2, 0.25) is 0 Å². The molecule has 2 unspecified atom stereocenters. The highest BCUT2D eigenvalue weighted by Gasteiger charge is 2.40. The highest BCUT2D eigenvalue weighted by molar-refractivity contribution is 7.85. The molecule has 22 heteroatoms. The van der Waals surface area contributed by atoms with Crippen LogP contribution in [0.15, 0.2) is 0 Å². The molecule has 0 heterocycles. The molecule has 6 aromatic rings. The fraction of sp³-hybridized carbons (Fsp3) is 0.385. The summed E-state index contributed by atoms with van der Waals surface area (Å²) in [7, 11) is 84.3. The normalized spacial score (nSPS) is 14.4. The first-order valence-electron chi connectivity index (χ1n) is 26.5. The fourth-order valence-electron chi connectivity index (χ4n) is 14.2.